The average Bonchev–Trinajstić information content (AvgIpc) is 2.88. The van der Waals surface area contributed by atoms with E-state index in [-0.39, 0.29) is 30.1 Å². The van der Waals surface area contributed by atoms with Crippen LogP contribution in [0.1, 0.15) is 27.1 Å². The van der Waals surface area contributed by atoms with E-state index in [1.165, 1.54) is 28.0 Å². The van der Waals surface area contributed by atoms with Crippen molar-refractivity contribution in [3.05, 3.63) is 71.0 Å². The minimum absolute atomic E-state index is 0.190. The van der Waals surface area contributed by atoms with E-state index in [9.17, 15) is 22.8 Å². The van der Waals surface area contributed by atoms with Crippen LogP contribution in [0.5, 0.6) is 0 Å². The lowest BCUT2D eigenvalue weighted by atomic mass is 10.1. The van der Waals surface area contributed by atoms with Crippen LogP contribution in [-0.2, 0) is 0 Å². The van der Waals surface area contributed by atoms with Crippen molar-refractivity contribution in [2.24, 2.45) is 0 Å². The molecule has 1 aliphatic rings. The standard InChI is InChI=1S/C19H17F3N2O2/c20-14-4-1-3-13(11-14)18(25)23-7-2-8-24(10-9-23)19(26)16-12-15(21)5-6-17(16)22/h1,3-6,11-12H,2,7-10H2. The molecule has 2 amide bonds. The lowest BCUT2D eigenvalue weighted by Gasteiger charge is -2.22. The van der Waals surface area contributed by atoms with Crippen molar-refractivity contribution < 1.29 is 22.8 Å². The van der Waals surface area contributed by atoms with Gasteiger partial charge in [0.2, 0.25) is 0 Å². The Hall–Kier alpha value is -2.83. The summed E-state index contributed by atoms with van der Waals surface area (Å²) >= 11 is 0. The zero-order valence-electron chi connectivity index (χ0n) is 13.9. The Bertz CT molecular complexity index is 841. The fourth-order valence-electron chi connectivity index (χ4n) is 2.96. The Morgan fingerprint density at radius 2 is 1.42 bits per heavy atom. The second-order valence-corrected chi connectivity index (χ2v) is 6.07. The SMILES string of the molecule is O=C(c1cccc(F)c1)N1CCCN(C(=O)c2cc(F)ccc2F)CC1. The summed E-state index contributed by atoms with van der Waals surface area (Å²) in [6.45, 7) is 1.14. The molecule has 0 atom stereocenters. The molecule has 1 aliphatic heterocycles. The average molecular weight is 362 g/mol. The van der Waals surface area contributed by atoms with Crippen LogP contribution in [0.4, 0.5) is 13.2 Å². The van der Waals surface area contributed by atoms with Gasteiger partial charge >= 0.3 is 0 Å². The van der Waals surface area contributed by atoms with Gasteiger partial charge in [-0.15, -0.1) is 0 Å². The van der Waals surface area contributed by atoms with Gasteiger partial charge < -0.3 is 9.80 Å². The molecule has 0 spiro atoms. The zero-order valence-corrected chi connectivity index (χ0v) is 13.9. The van der Waals surface area contributed by atoms with Gasteiger partial charge in [-0.05, 0) is 42.8 Å². The van der Waals surface area contributed by atoms with E-state index >= 15 is 0 Å². The highest BCUT2D eigenvalue weighted by Crippen LogP contribution is 2.16. The molecule has 2 aromatic rings. The Balaban J connectivity index is 1.71. The summed E-state index contributed by atoms with van der Waals surface area (Å²) in [6.07, 6.45) is 0.490. The van der Waals surface area contributed by atoms with Gasteiger partial charge in [-0.1, -0.05) is 6.07 Å². The highest BCUT2D eigenvalue weighted by Gasteiger charge is 2.25. The third kappa shape index (κ3) is 3.87. The first-order chi connectivity index (χ1) is 12.5. The number of hydrogen-bond donors (Lipinski definition) is 0. The van der Waals surface area contributed by atoms with Crippen molar-refractivity contribution in [2.45, 2.75) is 6.42 Å². The molecule has 0 radical (unpaired) electrons. The van der Waals surface area contributed by atoms with Crippen molar-refractivity contribution >= 4 is 11.8 Å². The monoisotopic (exact) mass is 362 g/mol. The van der Waals surface area contributed by atoms with E-state index in [2.05, 4.69) is 0 Å². The second-order valence-electron chi connectivity index (χ2n) is 6.07. The summed E-state index contributed by atoms with van der Waals surface area (Å²) in [5.74, 6) is -2.90. The van der Waals surface area contributed by atoms with Gasteiger partial charge in [0.1, 0.15) is 17.5 Å². The number of carbonyl (C=O) groups excluding carboxylic acids is 2. The molecule has 0 unspecified atom stereocenters. The third-order valence-electron chi connectivity index (χ3n) is 4.30. The molecule has 4 nitrogen and oxygen atoms in total. The predicted octanol–water partition coefficient (Wildman–Crippen LogP) is 3.09. The zero-order chi connectivity index (χ0) is 18.7. The van der Waals surface area contributed by atoms with Crippen LogP contribution in [0.2, 0.25) is 0 Å². The molecule has 0 aromatic heterocycles. The Kier molecular flexibility index (Phi) is 5.25. The lowest BCUT2D eigenvalue weighted by Crippen LogP contribution is -2.37. The van der Waals surface area contributed by atoms with Gasteiger partial charge in [-0.3, -0.25) is 9.59 Å². The van der Waals surface area contributed by atoms with E-state index < -0.39 is 23.4 Å². The van der Waals surface area contributed by atoms with Crippen LogP contribution < -0.4 is 0 Å². The van der Waals surface area contributed by atoms with Gasteiger partial charge in [0.25, 0.3) is 11.8 Å². The van der Waals surface area contributed by atoms with Crippen molar-refractivity contribution in [1.82, 2.24) is 9.80 Å². The summed E-state index contributed by atoms with van der Waals surface area (Å²) < 4.78 is 40.5. The van der Waals surface area contributed by atoms with Crippen molar-refractivity contribution in [2.75, 3.05) is 26.2 Å². The smallest absolute Gasteiger partial charge is 0.256 e. The fraction of sp³-hybridized carbons (Fsp3) is 0.263. The summed E-state index contributed by atoms with van der Waals surface area (Å²) in [6, 6.07) is 8.15. The molecule has 0 saturated carbocycles. The van der Waals surface area contributed by atoms with Crippen molar-refractivity contribution in [3.8, 4) is 0 Å². The molecule has 136 valence electrons. The van der Waals surface area contributed by atoms with E-state index in [1.54, 1.807) is 0 Å². The summed E-state index contributed by atoms with van der Waals surface area (Å²) in [7, 11) is 0. The van der Waals surface area contributed by atoms with Crippen molar-refractivity contribution in [3.63, 3.8) is 0 Å². The highest BCUT2D eigenvalue weighted by atomic mass is 19.1. The normalized spacial score (nSPS) is 14.9. The van der Waals surface area contributed by atoms with E-state index in [1.807, 2.05) is 0 Å². The quantitative estimate of drug-likeness (QED) is 0.824. The van der Waals surface area contributed by atoms with E-state index in [4.69, 9.17) is 0 Å². The minimum atomic E-state index is -0.784. The number of nitrogens with zero attached hydrogens (tertiary/aromatic N) is 2. The lowest BCUT2D eigenvalue weighted by molar-refractivity contribution is 0.0715. The first kappa shape index (κ1) is 18.0. The van der Waals surface area contributed by atoms with Gasteiger partial charge in [-0.2, -0.15) is 0 Å². The number of benzene rings is 2. The molecular formula is C19H17F3N2O2. The number of rotatable bonds is 2. The molecule has 0 N–H and O–H groups in total. The fourth-order valence-corrected chi connectivity index (χ4v) is 2.96. The van der Waals surface area contributed by atoms with E-state index in [0.29, 0.717) is 19.5 Å². The molecule has 7 heteroatoms. The molecule has 1 saturated heterocycles. The molecule has 3 rings (SSSR count). The van der Waals surface area contributed by atoms with Crippen LogP contribution in [0.25, 0.3) is 0 Å². The first-order valence-corrected chi connectivity index (χ1v) is 8.25. The van der Waals surface area contributed by atoms with Crippen LogP contribution >= 0.6 is 0 Å². The maximum absolute atomic E-state index is 13.8. The number of hydrogen-bond acceptors (Lipinski definition) is 2. The van der Waals surface area contributed by atoms with Gasteiger partial charge in [0.15, 0.2) is 0 Å². The summed E-state index contributed by atoms with van der Waals surface area (Å²) in [5, 5.41) is 0. The van der Waals surface area contributed by atoms with Crippen molar-refractivity contribution in [1.29, 1.82) is 0 Å². The van der Waals surface area contributed by atoms with Gasteiger partial charge in [0, 0.05) is 31.7 Å². The molecule has 2 aromatic carbocycles. The van der Waals surface area contributed by atoms with Crippen LogP contribution in [0.15, 0.2) is 42.5 Å². The number of amides is 2. The maximum Gasteiger partial charge on any atom is 0.256 e. The maximum atomic E-state index is 13.8. The Morgan fingerprint density at radius 3 is 2.12 bits per heavy atom. The number of halogens is 3. The van der Waals surface area contributed by atoms with Crippen LogP contribution in [0.3, 0.4) is 0 Å². The topological polar surface area (TPSA) is 40.6 Å². The van der Waals surface area contributed by atoms with Crippen LogP contribution in [-0.4, -0.2) is 47.8 Å². The first-order valence-electron chi connectivity index (χ1n) is 8.25. The molecule has 0 aliphatic carbocycles. The highest BCUT2D eigenvalue weighted by molar-refractivity contribution is 5.95. The van der Waals surface area contributed by atoms with E-state index in [0.717, 1.165) is 24.3 Å². The molecule has 26 heavy (non-hydrogen) atoms. The van der Waals surface area contributed by atoms with Crippen LogP contribution in [0, 0.1) is 17.5 Å². The van der Waals surface area contributed by atoms with Gasteiger partial charge in [-0.25, -0.2) is 13.2 Å². The molecule has 1 heterocycles. The van der Waals surface area contributed by atoms with Gasteiger partial charge in [0.05, 0.1) is 5.56 Å². The second kappa shape index (κ2) is 7.59. The Labute approximate surface area is 148 Å². The molecular weight excluding hydrogens is 345 g/mol. The predicted molar refractivity (Wildman–Crippen MR) is 89.2 cm³/mol. The third-order valence-corrected chi connectivity index (χ3v) is 4.30. The Morgan fingerprint density at radius 1 is 0.769 bits per heavy atom. The minimum Gasteiger partial charge on any atom is -0.337 e. The molecule has 0 bridgehead atoms. The molecule has 1 fully saturated rings. The largest absolute Gasteiger partial charge is 0.337 e. The summed E-state index contributed by atoms with van der Waals surface area (Å²) in [5.41, 5.74) is -0.0872. The summed E-state index contributed by atoms with van der Waals surface area (Å²) in [4.78, 5) is 27.9. The number of carbonyl (C=O) groups is 2.